The number of furan rings is 1. The number of fused-ring (bicyclic) bond motifs is 1. The van der Waals surface area contributed by atoms with Crippen LogP contribution in [0.15, 0.2) is 22.8 Å². The Morgan fingerprint density at radius 3 is 2.74 bits per heavy atom. The van der Waals surface area contributed by atoms with Crippen LogP contribution in [0.1, 0.15) is 30.0 Å². The molecule has 1 aromatic carbocycles. The van der Waals surface area contributed by atoms with Crippen molar-refractivity contribution in [1.82, 2.24) is 5.32 Å². The van der Waals surface area contributed by atoms with Crippen molar-refractivity contribution in [2.24, 2.45) is 0 Å². The molecule has 0 saturated carbocycles. The number of nitrogens with one attached hydrogen (secondary N) is 1. The predicted molar refractivity (Wildman–Crippen MR) is 100 cm³/mol. The smallest absolute Gasteiger partial charge is 0.311 e. The van der Waals surface area contributed by atoms with Crippen LogP contribution in [0.4, 0.5) is 0 Å². The van der Waals surface area contributed by atoms with E-state index in [0.29, 0.717) is 12.0 Å². The van der Waals surface area contributed by atoms with Crippen LogP contribution in [0, 0.1) is 13.8 Å². The van der Waals surface area contributed by atoms with Crippen LogP contribution in [-0.2, 0) is 30.6 Å². The number of rotatable bonds is 5. The maximum absolute atomic E-state index is 12.2. The molecule has 0 aliphatic carbocycles. The summed E-state index contributed by atoms with van der Waals surface area (Å²) < 4.78 is 33.7. The lowest BCUT2D eigenvalue weighted by molar-refractivity contribution is -0.154. The van der Waals surface area contributed by atoms with Crippen LogP contribution in [0.25, 0.3) is 11.0 Å². The molecule has 2 aromatic rings. The number of aryl methyl sites for hydroxylation is 2. The zero-order valence-corrected chi connectivity index (χ0v) is 16.4. The Kier molecular flexibility index (Phi) is 5.28. The molecule has 2 atom stereocenters. The van der Waals surface area contributed by atoms with Gasteiger partial charge in [-0.3, -0.25) is 9.59 Å². The van der Waals surface area contributed by atoms with Gasteiger partial charge in [-0.2, -0.15) is 0 Å². The van der Waals surface area contributed by atoms with Gasteiger partial charge in [-0.05, 0) is 38.3 Å². The molecule has 1 saturated heterocycles. The molecular weight excluding hydrogens is 370 g/mol. The number of esters is 1. The third-order valence-corrected chi connectivity index (χ3v) is 6.70. The molecule has 0 unspecified atom stereocenters. The molecule has 1 fully saturated rings. The van der Waals surface area contributed by atoms with Crippen molar-refractivity contribution in [2.45, 2.75) is 45.8 Å². The van der Waals surface area contributed by atoms with Gasteiger partial charge in [-0.15, -0.1) is 0 Å². The predicted octanol–water partition coefficient (Wildman–Crippen LogP) is 1.83. The minimum atomic E-state index is -3.08. The van der Waals surface area contributed by atoms with Gasteiger partial charge in [0.15, 0.2) is 15.9 Å². The Morgan fingerprint density at radius 2 is 2.07 bits per heavy atom. The highest BCUT2D eigenvalue weighted by Crippen LogP contribution is 2.27. The Hall–Kier alpha value is -2.35. The second-order valence-corrected chi connectivity index (χ2v) is 9.29. The van der Waals surface area contributed by atoms with E-state index in [0.717, 1.165) is 22.1 Å². The van der Waals surface area contributed by atoms with Crippen LogP contribution in [0.5, 0.6) is 0 Å². The molecule has 1 N–H and O–H groups in total. The quantitative estimate of drug-likeness (QED) is 0.778. The van der Waals surface area contributed by atoms with Crippen molar-refractivity contribution in [3.05, 3.63) is 35.1 Å². The lowest BCUT2D eigenvalue weighted by Crippen LogP contribution is -2.42. The van der Waals surface area contributed by atoms with Crippen LogP contribution in [0.3, 0.4) is 0 Å². The molecule has 1 aliphatic heterocycles. The maximum Gasteiger partial charge on any atom is 0.311 e. The third-order valence-electron chi connectivity index (χ3n) is 4.93. The Balaban J connectivity index is 1.59. The van der Waals surface area contributed by atoms with Crippen LogP contribution in [-0.4, -0.2) is 43.9 Å². The Bertz CT molecular complexity index is 991. The highest BCUT2D eigenvalue weighted by atomic mass is 32.2. The second-order valence-electron chi connectivity index (χ2n) is 7.06. The molecular formula is C19H23NO6S. The van der Waals surface area contributed by atoms with E-state index in [1.807, 2.05) is 26.0 Å². The van der Waals surface area contributed by atoms with Crippen molar-refractivity contribution < 1.29 is 27.2 Å². The van der Waals surface area contributed by atoms with Gasteiger partial charge < -0.3 is 14.5 Å². The average Bonchev–Trinajstić information content (AvgIpc) is 3.14. The van der Waals surface area contributed by atoms with Gasteiger partial charge in [-0.1, -0.05) is 12.1 Å². The average molecular weight is 393 g/mol. The molecule has 1 aromatic heterocycles. The van der Waals surface area contributed by atoms with E-state index in [4.69, 9.17) is 9.15 Å². The van der Waals surface area contributed by atoms with E-state index in [1.54, 1.807) is 0 Å². The van der Waals surface area contributed by atoms with E-state index in [9.17, 15) is 18.0 Å². The van der Waals surface area contributed by atoms with E-state index < -0.39 is 33.9 Å². The van der Waals surface area contributed by atoms with Crippen LogP contribution in [0.2, 0.25) is 0 Å². The first-order chi connectivity index (χ1) is 12.7. The summed E-state index contributed by atoms with van der Waals surface area (Å²) in [6, 6.07) is 3.45. The summed E-state index contributed by atoms with van der Waals surface area (Å²) in [5, 5.41) is 3.48. The molecule has 3 rings (SSSR count). The number of carbonyl (C=O) groups excluding carboxylic acids is 2. The van der Waals surface area contributed by atoms with E-state index in [1.165, 1.54) is 13.2 Å². The van der Waals surface area contributed by atoms with Gasteiger partial charge >= 0.3 is 5.97 Å². The van der Waals surface area contributed by atoms with Gasteiger partial charge in [0.1, 0.15) is 5.58 Å². The topological polar surface area (TPSA) is 103 Å². The Labute approximate surface area is 158 Å². The Morgan fingerprint density at radius 1 is 1.33 bits per heavy atom. The molecule has 7 nitrogen and oxygen atoms in total. The van der Waals surface area contributed by atoms with E-state index in [2.05, 4.69) is 5.32 Å². The van der Waals surface area contributed by atoms with Crippen molar-refractivity contribution >= 4 is 32.7 Å². The molecule has 1 amide bonds. The SMILES string of the molecule is Cc1ccc2c(CC(=O)O[C@@H](C)C(=O)N[C@H]3CCS(=O)(=O)C3)coc2c1C. The van der Waals surface area contributed by atoms with Gasteiger partial charge in [0.05, 0.1) is 24.2 Å². The fourth-order valence-corrected chi connectivity index (χ4v) is 4.87. The van der Waals surface area contributed by atoms with Gasteiger partial charge in [0.2, 0.25) is 0 Å². The monoisotopic (exact) mass is 393 g/mol. The second kappa shape index (κ2) is 7.34. The largest absolute Gasteiger partial charge is 0.464 e. The number of sulfone groups is 1. The minimum absolute atomic E-state index is 0.00900. The molecule has 0 radical (unpaired) electrons. The standard InChI is InChI=1S/C19H23NO6S/c1-11-4-5-16-14(9-25-18(16)12(11)2)8-17(21)26-13(3)19(22)20-15-6-7-27(23,24)10-15/h4-5,9,13,15H,6-8,10H2,1-3H3,(H,20,22)/t13-,15-/m0/s1. The number of hydrogen-bond donors (Lipinski definition) is 1. The van der Waals surface area contributed by atoms with E-state index in [-0.39, 0.29) is 17.9 Å². The normalized spacial score (nSPS) is 19.7. The van der Waals surface area contributed by atoms with Crippen molar-refractivity contribution in [2.75, 3.05) is 11.5 Å². The molecule has 146 valence electrons. The highest BCUT2D eigenvalue weighted by Gasteiger charge is 2.30. The van der Waals surface area contributed by atoms with E-state index >= 15 is 0 Å². The van der Waals surface area contributed by atoms with Crippen molar-refractivity contribution in [3.63, 3.8) is 0 Å². The summed E-state index contributed by atoms with van der Waals surface area (Å²) in [6.07, 6.45) is 0.911. The first kappa shape index (κ1) is 19.4. The molecule has 1 aliphatic rings. The van der Waals surface area contributed by atoms with Crippen LogP contribution < -0.4 is 5.32 Å². The molecule has 27 heavy (non-hydrogen) atoms. The molecule has 2 heterocycles. The third kappa shape index (κ3) is 4.32. The van der Waals surface area contributed by atoms with Crippen molar-refractivity contribution in [1.29, 1.82) is 0 Å². The highest BCUT2D eigenvalue weighted by molar-refractivity contribution is 7.91. The summed E-state index contributed by atoms with van der Waals surface area (Å²) in [7, 11) is -3.08. The zero-order valence-electron chi connectivity index (χ0n) is 15.6. The lowest BCUT2D eigenvalue weighted by Gasteiger charge is -2.16. The molecule has 8 heteroatoms. The summed E-state index contributed by atoms with van der Waals surface area (Å²) in [5.74, 6) is -1.04. The number of ether oxygens (including phenoxy) is 1. The number of hydrogen-bond acceptors (Lipinski definition) is 6. The summed E-state index contributed by atoms with van der Waals surface area (Å²) in [5.41, 5.74) is 3.57. The molecule has 0 spiro atoms. The fraction of sp³-hybridized carbons (Fsp3) is 0.474. The zero-order chi connectivity index (χ0) is 19.8. The van der Waals surface area contributed by atoms with Crippen LogP contribution >= 0.6 is 0 Å². The first-order valence-corrected chi connectivity index (χ1v) is 10.6. The van der Waals surface area contributed by atoms with Crippen molar-refractivity contribution in [3.8, 4) is 0 Å². The maximum atomic E-state index is 12.2. The number of amides is 1. The van der Waals surface area contributed by atoms with Gasteiger partial charge in [-0.25, -0.2) is 8.42 Å². The van der Waals surface area contributed by atoms with Gasteiger partial charge in [0, 0.05) is 17.0 Å². The minimum Gasteiger partial charge on any atom is -0.464 e. The summed E-state index contributed by atoms with van der Waals surface area (Å²) >= 11 is 0. The summed E-state index contributed by atoms with van der Waals surface area (Å²) in [4.78, 5) is 24.4. The summed E-state index contributed by atoms with van der Waals surface area (Å²) in [6.45, 7) is 5.41. The number of benzene rings is 1. The fourth-order valence-electron chi connectivity index (χ4n) is 3.20. The molecule has 0 bridgehead atoms. The number of carbonyl (C=O) groups is 2. The first-order valence-electron chi connectivity index (χ1n) is 8.83. The van der Waals surface area contributed by atoms with Gasteiger partial charge in [0.25, 0.3) is 5.91 Å². The lowest BCUT2D eigenvalue weighted by atomic mass is 10.0.